The van der Waals surface area contributed by atoms with E-state index < -0.39 is 6.10 Å². The van der Waals surface area contributed by atoms with Gasteiger partial charge in [-0.1, -0.05) is 51.1 Å². The molecule has 0 bridgehead atoms. The predicted molar refractivity (Wildman–Crippen MR) is 112 cm³/mol. The van der Waals surface area contributed by atoms with Crippen LogP contribution in [0.5, 0.6) is 0 Å². The molecule has 1 unspecified atom stereocenters. The number of anilines is 1. The molecular formula is C22H28N2O2S. The van der Waals surface area contributed by atoms with Gasteiger partial charge in [0.1, 0.15) is 6.10 Å². The van der Waals surface area contributed by atoms with E-state index in [0.717, 1.165) is 18.8 Å². The maximum atomic E-state index is 12.6. The zero-order valence-electron chi connectivity index (χ0n) is 16.3. The van der Waals surface area contributed by atoms with Gasteiger partial charge < -0.3 is 10.1 Å². The van der Waals surface area contributed by atoms with Crippen LogP contribution in [0, 0.1) is 0 Å². The molecule has 1 heterocycles. The van der Waals surface area contributed by atoms with Gasteiger partial charge in [-0.3, -0.25) is 9.69 Å². The van der Waals surface area contributed by atoms with Crippen LogP contribution in [0.1, 0.15) is 26.3 Å². The molecule has 0 spiro atoms. The molecular weight excluding hydrogens is 356 g/mol. The van der Waals surface area contributed by atoms with Crippen molar-refractivity contribution in [2.45, 2.75) is 43.1 Å². The number of amides is 1. The topological polar surface area (TPSA) is 41.6 Å². The Kier molecular flexibility index (Phi) is 6.58. The number of carbonyl (C=O) groups excluding carboxylic acids is 1. The average Bonchev–Trinajstić information content (AvgIpc) is 2.63. The van der Waals surface area contributed by atoms with Crippen molar-refractivity contribution in [2.75, 3.05) is 25.0 Å². The molecule has 5 heteroatoms. The molecule has 1 amide bonds. The summed E-state index contributed by atoms with van der Waals surface area (Å²) in [7, 11) is 0. The molecule has 1 aliphatic heterocycles. The third-order valence-corrected chi connectivity index (χ3v) is 5.36. The van der Waals surface area contributed by atoms with E-state index in [1.54, 1.807) is 0 Å². The minimum absolute atomic E-state index is 0.0796. The average molecular weight is 385 g/mol. The first-order valence-electron chi connectivity index (χ1n) is 9.37. The Morgan fingerprint density at radius 2 is 1.85 bits per heavy atom. The first kappa shape index (κ1) is 19.9. The Morgan fingerprint density at radius 3 is 2.52 bits per heavy atom. The maximum absolute atomic E-state index is 12.6. The Balaban J connectivity index is 1.54. The molecule has 2 aromatic rings. The van der Waals surface area contributed by atoms with E-state index in [1.165, 1.54) is 10.5 Å². The number of hydrogen-bond donors (Lipinski definition) is 1. The molecule has 1 N–H and O–H groups in total. The third-order valence-electron chi connectivity index (χ3n) is 4.24. The smallest absolute Gasteiger partial charge is 0.254 e. The second-order valence-corrected chi connectivity index (χ2v) is 9.71. The molecule has 4 nitrogen and oxygen atoms in total. The van der Waals surface area contributed by atoms with E-state index in [0.29, 0.717) is 13.2 Å². The van der Waals surface area contributed by atoms with Crippen LogP contribution in [0.2, 0.25) is 0 Å². The highest BCUT2D eigenvalue weighted by atomic mass is 32.2. The molecule has 0 saturated carbocycles. The van der Waals surface area contributed by atoms with E-state index in [2.05, 4.69) is 55.3 Å². The SMILES string of the molecule is CC(C)(C)Sc1ccc(NC(=O)C2CN(Cc3ccccc3)CCO2)cc1. The minimum atomic E-state index is -0.439. The number of nitrogens with one attached hydrogen (secondary N) is 1. The van der Waals surface area contributed by atoms with Gasteiger partial charge >= 0.3 is 0 Å². The largest absolute Gasteiger partial charge is 0.366 e. The van der Waals surface area contributed by atoms with Gasteiger partial charge in [0.05, 0.1) is 6.61 Å². The van der Waals surface area contributed by atoms with Crippen LogP contribution in [-0.2, 0) is 16.1 Å². The molecule has 0 aromatic heterocycles. The molecule has 0 radical (unpaired) electrons. The number of morpholine rings is 1. The van der Waals surface area contributed by atoms with Gasteiger partial charge in [0.25, 0.3) is 5.91 Å². The quantitative estimate of drug-likeness (QED) is 0.775. The predicted octanol–water partition coefficient (Wildman–Crippen LogP) is 4.42. The lowest BCUT2D eigenvalue weighted by atomic mass is 10.2. The van der Waals surface area contributed by atoms with Crippen molar-refractivity contribution in [2.24, 2.45) is 0 Å². The number of ether oxygens (including phenoxy) is 1. The van der Waals surface area contributed by atoms with Gasteiger partial charge in [-0.25, -0.2) is 0 Å². The summed E-state index contributed by atoms with van der Waals surface area (Å²) in [5.74, 6) is -0.0796. The summed E-state index contributed by atoms with van der Waals surface area (Å²) >= 11 is 1.81. The molecule has 1 saturated heterocycles. The van der Waals surface area contributed by atoms with Crippen molar-refractivity contribution < 1.29 is 9.53 Å². The summed E-state index contributed by atoms with van der Waals surface area (Å²) < 4.78 is 5.88. The standard InChI is InChI=1S/C22H28N2O2S/c1-22(2,3)27-19-11-9-18(10-12-19)23-21(25)20-16-24(13-14-26-20)15-17-7-5-4-6-8-17/h4-12,20H,13-16H2,1-3H3,(H,23,25). The first-order valence-corrected chi connectivity index (χ1v) is 10.2. The van der Waals surface area contributed by atoms with Crippen molar-refractivity contribution in [1.82, 2.24) is 4.90 Å². The lowest BCUT2D eigenvalue weighted by Gasteiger charge is -2.32. The van der Waals surface area contributed by atoms with E-state index in [4.69, 9.17) is 4.74 Å². The number of carbonyl (C=O) groups is 1. The van der Waals surface area contributed by atoms with Gasteiger partial charge in [-0.05, 0) is 29.8 Å². The molecule has 1 atom stereocenters. The van der Waals surface area contributed by atoms with E-state index in [1.807, 2.05) is 42.1 Å². The van der Waals surface area contributed by atoms with Crippen molar-refractivity contribution in [3.8, 4) is 0 Å². The van der Waals surface area contributed by atoms with Crippen LogP contribution >= 0.6 is 11.8 Å². The molecule has 0 aliphatic carbocycles. The second kappa shape index (κ2) is 8.91. The Labute approximate surface area is 166 Å². The zero-order valence-corrected chi connectivity index (χ0v) is 17.1. The summed E-state index contributed by atoms with van der Waals surface area (Å²) in [4.78, 5) is 16.1. The lowest BCUT2D eigenvalue weighted by molar-refractivity contribution is -0.133. The highest BCUT2D eigenvalue weighted by Crippen LogP contribution is 2.32. The molecule has 2 aromatic carbocycles. The van der Waals surface area contributed by atoms with Crippen LogP contribution in [0.3, 0.4) is 0 Å². The summed E-state index contributed by atoms with van der Waals surface area (Å²) in [5, 5.41) is 2.99. The number of hydrogen-bond acceptors (Lipinski definition) is 4. The van der Waals surface area contributed by atoms with Gasteiger partial charge in [-0.2, -0.15) is 0 Å². The fraction of sp³-hybridized carbons (Fsp3) is 0.409. The van der Waals surface area contributed by atoms with Crippen LogP contribution < -0.4 is 5.32 Å². The first-order chi connectivity index (χ1) is 12.9. The molecule has 3 rings (SSSR count). The number of nitrogens with zero attached hydrogens (tertiary/aromatic N) is 1. The molecule has 144 valence electrons. The van der Waals surface area contributed by atoms with Crippen molar-refractivity contribution in [3.05, 3.63) is 60.2 Å². The van der Waals surface area contributed by atoms with Gasteiger partial charge in [0, 0.05) is 35.0 Å². The maximum Gasteiger partial charge on any atom is 0.254 e. The fourth-order valence-corrected chi connectivity index (χ4v) is 4.01. The van der Waals surface area contributed by atoms with Crippen molar-refractivity contribution >= 4 is 23.4 Å². The van der Waals surface area contributed by atoms with E-state index in [-0.39, 0.29) is 10.7 Å². The van der Waals surface area contributed by atoms with Gasteiger partial charge in [0.15, 0.2) is 0 Å². The fourth-order valence-electron chi connectivity index (χ4n) is 3.03. The summed E-state index contributed by atoms with van der Waals surface area (Å²) in [6.07, 6.45) is -0.439. The number of rotatable bonds is 5. The van der Waals surface area contributed by atoms with E-state index >= 15 is 0 Å². The highest BCUT2D eigenvalue weighted by Gasteiger charge is 2.26. The monoisotopic (exact) mass is 384 g/mol. The second-order valence-electron chi connectivity index (χ2n) is 7.81. The van der Waals surface area contributed by atoms with Crippen LogP contribution in [0.4, 0.5) is 5.69 Å². The minimum Gasteiger partial charge on any atom is -0.366 e. The van der Waals surface area contributed by atoms with Crippen molar-refractivity contribution in [3.63, 3.8) is 0 Å². The Morgan fingerprint density at radius 1 is 1.15 bits per heavy atom. The highest BCUT2D eigenvalue weighted by molar-refractivity contribution is 8.00. The third kappa shape index (κ3) is 6.38. The van der Waals surface area contributed by atoms with Crippen LogP contribution in [-0.4, -0.2) is 41.4 Å². The molecule has 1 aliphatic rings. The summed E-state index contributed by atoms with van der Waals surface area (Å²) in [5.41, 5.74) is 2.06. The number of benzene rings is 2. The van der Waals surface area contributed by atoms with E-state index in [9.17, 15) is 4.79 Å². The molecule has 1 fully saturated rings. The summed E-state index contributed by atoms with van der Waals surface area (Å²) in [6, 6.07) is 18.3. The van der Waals surface area contributed by atoms with Crippen LogP contribution in [0.15, 0.2) is 59.5 Å². The lowest BCUT2D eigenvalue weighted by Crippen LogP contribution is -2.47. The molecule has 27 heavy (non-hydrogen) atoms. The summed E-state index contributed by atoms with van der Waals surface area (Å²) in [6.45, 7) is 9.44. The Hall–Kier alpha value is -1.82. The normalized spacial score (nSPS) is 18.3. The number of thioether (sulfide) groups is 1. The van der Waals surface area contributed by atoms with Gasteiger partial charge in [0.2, 0.25) is 0 Å². The van der Waals surface area contributed by atoms with Gasteiger partial charge in [-0.15, -0.1) is 11.8 Å². The van der Waals surface area contributed by atoms with Crippen LogP contribution in [0.25, 0.3) is 0 Å². The Bertz CT molecular complexity index is 741. The van der Waals surface area contributed by atoms with Crippen molar-refractivity contribution in [1.29, 1.82) is 0 Å². The zero-order chi connectivity index (χ0) is 19.3.